The Morgan fingerprint density at radius 1 is 1.33 bits per heavy atom. The minimum Gasteiger partial charge on any atom is -0.350 e. The second kappa shape index (κ2) is 7.10. The van der Waals surface area contributed by atoms with Gasteiger partial charge in [0, 0.05) is 5.54 Å². The molecule has 0 aliphatic carbocycles. The van der Waals surface area contributed by atoms with Gasteiger partial charge in [0.05, 0.1) is 6.54 Å². The topological polar surface area (TPSA) is 44.4 Å². The summed E-state index contributed by atoms with van der Waals surface area (Å²) in [5, 5.41) is 6.38. The molecule has 1 fully saturated rings. The molecule has 0 unspecified atom stereocenters. The van der Waals surface area contributed by atoms with Gasteiger partial charge in [-0.15, -0.1) is 0 Å². The number of hydrogen-bond donors (Lipinski definition) is 2. The van der Waals surface area contributed by atoms with E-state index in [-0.39, 0.29) is 11.4 Å². The van der Waals surface area contributed by atoms with Crippen molar-refractivity contribution in [3.05, 3.63) is 0 Å². The molecule has 0 spiro atoms. The molecule has 1 heterocycles. The quantitative estimate of drug-likeness (QED) is 0.776. The Labute approximate surface area is 111 Å². The van der Waals surface area contributed by atoms with E-state index >= 15 is 0 Å². The minimum absolute atomic E-state index is 0.121. The molecule has 1 saturated heterocycles. The fraction of sp³-hybridized carbons (Fsp3) is 0.929. The lowest BCUT2D eigenvalue weighted by Crippen LogP contribution is -2.45. The molecule has 0 atom stereocenters. The molecule has 106 valence electrons. The lowest BCUT2D eigenvalue weighted by molar-refractivity contribution is -0.123. The van der Waals surface area contributed by atoms with Gasteiger partial charge in [-0.05, 0) is 72.6 Å². The first-order valence-corrected chi connectivity index (χ1v) is 7.07. The molecule has 0 aromatic carbocycles. The normalized spacial score (nSPS) is 18.1. The molecule has 4 nitrogen and oxygen atoms in total. The number of nitrogens with zero attached hydrogens (tertiary/aromatic N) is 1. The van der Waals surface area contributed by atoms with Crippen molar-refractivity contribution in [1.82, 2.24) is 15.5 Å². The molecule has 0 saturated carbocycles. The first kappa shape index (κ1) is 15.4. The van der Waals surface area contributed by atoms with E-state index in [1.807, 2.05) is 27.8 Å². The highest BCUT2D eigenvalue weighted by atomic mass is 16.2. The predicted octanol–water partition coefficient (Wildman–Crippen LogP) is 1.22. The number of amides is 1. The van der Waals surface area contributed by atoms with Crippen LogP contribution in [-0.2, 0) is 4.79 Å². The van der Waals surface area contributed by atoms with Crippen LogP contribution in [0.2, 0.25) is 0 Å². The molecule has 1 aliphatic rings. The first-order valence-electron chi connectivity index (χ1n) is 7.07. The molecule has 1 amide bonds. The van der Waals surface area contributed by atoms with E-state index in [2.05, 4.69) is 15.5 Å². The summed E-state index contributed by atoms with van der Waals surface area (Å²) < 4.78 is 0. The van der Waals surface area contributed by atoms with E-state index in [0.717, 1.165) is 25.6 Å². The van der Waals surface area contributed by atoms with Crippen LogP contribution in [-0.4, -0.2) is 49.6 Å². The van der Waals surface area contributed by atoms with Crippen molar-refractivity contribution >= 4 is 5.91 Å². The monoisotopic (exact) mass is 255 g/mol. The molecule has 1 aliphatic heterocycles. The molecule has 0 bridgehead atoms. The number of carbonyl (C=O) groups excluding carboxylic acids is 1. The van der Waals surface area contributed by atoms with Crippen molar-refractivity contribution in [2.75, 3.05) is 33.2 Å². The van der Waals surface area contributed by atoms with Gasteiger partial charge >= 0.3 is 0 Å². The van der Waals surface area contributed by atoms with Gasteiger partial charge in [0.2, 0.25) is 5.91 Å². The Morgan fingerprint density at radius 3 is 2.50 bits per heavy atom. The second-order valence-corrected chi connectivity index (χ2v) is 6.52. The molecule has 0 aromatic heterocycles. The van der Waals surface area contributed by atoms with Crippen LogP contribution in [0, 0.1) is 5.92 Å². The van der Waals surface area contributed by atoms with Gasteiger partial charge in [0.15, 0.2) is 0 Å². The predicted molar refractivity (Wildman–Crippen MR) is 75.6 cm³/mol. The van der Waals surface area contributed by atoms with Crippen molar-refractivity contribution in [2.24, 2.45) is 5.92 Å². The maximum absolute atomic E-state index is 11.8. The van der Waals surface area contributed by atoms with Gasteiger partial charge in [0.25, 0.3) is 0 Å². The summed E-state index contributed by atoms with van der Waals surface area (Å²) >= 11 is 0. The summed E-state index contributed by atoms with van der Waals surface area (Å²) in [4.78, 5) is 13.9. The van der Waals surface area contributed by atoms with Gasteiger partial charge in [-0.25, -0.2) is 0 Å². The average molecular weight is 255 g/mol. The van der Waals surface area contributed by atoms with Crippen molar-refractivity contribution in [1.29, 1.82) is 0 Å². The Balaban J connectivity index is 2.16. The van der Waals surface area contributed by atoms with Crippen molar-refractivity contribution in [3.63, 3.8) is 0 Å². The van der Waals surface area contributed by atoms with Crippen LogP contribution < -0.4 is 10.6 Å². The Bertz CT molecular complexity index is 254. The lowest BCUT2D eigenvalue weighted by Gasteiger charge is -2.26. The summed E-state index contributed by atoms with van der Waals surface area (Å²) in [6.45, 7) is 9.86. The van der Waals surface area contributed by atoms with E-state index in [9.17, 15) is 4.79 Å². The van der Waals surface area contributed by atoms with Gasteiger partial charge < -0.3 is 10.6 Å². The Kier molecular flexibility index (Phi) is 6.09. The highest BCUT2D eigenvalue weighted by Gasteiger charge is 2.17. The van der Waals surface area contributed by atoms with Crippen molar-refractivity contribution in [2.45, 2.75) is 45.6 Å². The zero-order chi connectivity index (χ0) is 13.6. The second-order valence-electron chi connectivity index (χ2n) is 6.52. The summed E-state index contributed by atoms with van der Waals surface area (Å²) in [6.07, 6.45) is 3.77. The number of piperidine rings is 1. The lowest BCUT2D eigenvalue weighted by atomic mass is 9.94. The van der Waals surface area contributed by atoms with Crippen LogP contribution in [0.1, 0.15) is 40.0 Å². The minimum atomic E-state index is -0.132. The largest absolute Gasteiger partial charge is 0.350 e. The molecular weight excluding hydrogens is 226 g/mol. The number of hydrogen-bond acceptors (Lipinski definition) is 3. The highest BCUT2D eigenvalue weighted by molar-refractivity contribution is 5.78. The van der Waals surface area contributed by atoms with Crippen LogP contribution >= 0.6 is 0 Å². The summed E-state index contributed by atoms with van der Waals surface area (Å²) in [5.41, 5.74) is -0.132. The SMILES string of the molecule is CN(CCC1CCNCC1)CC(=O)NC(C)(C)C. The fourth-order valence-corrected chi connectivity index (χ4v) is 2.36. The van der Waals surface area contributed by atoms with Gasteiger partial charge in [-0.1, -0.05) is 0 Å². The third-order valence-electron chi connectivity index (χ3n) is 3.31. The Hall–Kier alpha value is -0.610. The zero-order valence-corrected chi connectivity index (χ0v) is 12.4. The molecule has 2 N–H and O–H groups in total. The smallest absolute Gasteiger partial charge is 0.234 e. The van der Waals surface area contributed by atoms with E-state index < -0.39 is 0 Å². The summed E-state index contributed by atoms with van der Waals surface area (Å²) in [7, 11) is 2.03. The highest BCUT2D eigenvalue weighted by Crippen LogP contribution is 2.15. The fourth-order valence-electron chi connectivity index (χ4n) is 2.36. The number of rotatable bonds is 5. The van der Waals surface area contributed by atoms with Gasteiger partial charge in [-0.3, -0.25) is 9.69 Å². The van der Waals surface area contributed by atoms with E-state index in [0.29, 0.717) is 6.54 Å². The molecule has 0 aromatic rings. The average Bonchev–Trinajstić information content (AvgIpc) is 2.25. The number of carbonyl (C=O) groups is 1. The third kappa shape index (κ3) is 6.97. The van der Waals surface area contributed by atoms with E-state index in [4.69, 9.17) is 0 Å². The standard InChI is InChI=1S/C14H29N3O/c1-14(2,3)16-13(18)11-17(4)10-7-12-5-8-15-9-6-12/h12,15H,5-11H2,1-4H3,(H,16,18). The Morgan fingerprint density at radius 2 is 1.94 bits per heavy atom. The van der Waals surface area contributed by atoms with Crippen molar-refractivity contribution in [3.8, 4) is 0 Å². The van der Waals surface area contributed by atoms with Gasteiger partial charge in [0.1, 0.15) is 0 Å². The summed E-state index contributed by atoms with van der Waals surface area (Å²) in [6, 6.07) is 0. The van der Waals surface area contributed by atoms with E-state index in [1.54, 1.807) is 0 Å². The molecule has 4 heteroatoms. The van der Waals surface area contributed by atoms with Gasteiger partial charge in [-0.2, -0.15) is 0 Å². The van der Waals surface area contributed by atoms with E-state index in [1.165, 1.54) is 19.3 Å². The van der Waals surface area contributed by atoms with Crippen molar-refractivity contribution < 1.29 is 4.79 Å². The number of nitrogens with one attached hydrogen (secondary N) is 2. The van der Waals surface area contributed by atoms with Crippen LogP contribution in [0.25, 0.3) is 0 Å². The van der Waals surface area contributed by atoms with Crippen LogP contribution in [0.3, 0.4) is 0 Å². The van der Waals surface area contributed by atoms with Crippen LogP contribution in [0.15, 0.2) is 0 Å². The zero-order valence-electron chi connectivity index (χ0n) is 12.4. The first-order chi connectivity index (χ1) is 8.37. The summed E-state index contributed by atoms with van der Waals surface area (Å²) in [5.74, 6) is 0.953. The van der Waals surface area contributed by atoms with Crippen LogP contribution in [0.5, 0.6) is 0 Å². The maximum Gasteiger partial charge on any atom is 0.234 e. The molecular formula is C14H29N3O. The van der Waals surface area contributed by atoms with Crippen LogP contribution in [0.4, 0.5) is 0 Å². The molecule has 18 heavy (non-hydrogen) atoms. The number of likely N-dealkylation sites (N-methyl/N-ethyl adjacent to an activating group) is 1. The third-order valence-corrected chi connectivity index (χ3v) is 3.31. The maximum atomic E-state index is 11.8. The molecule has 0 radical (unpaired) electrons. The molecule has 1 rings (SSSR count).